The topological polar surface area (TPSA) is 78.6 Å². The Morgan fingerprint density at radius 3 is 2.54 bits per heavy atom. The monoisotopic (exact) mass is 395 g/mol. The fourth-order valence-electron chi connectivity index (χ4n) is 2.24. The van der Waals surface area contributed by atoms with Crippen LogP contribution in [0.3, 0.4) is 0 Å². The molecule has 0 saturated heterocycles. The van der Waals surface area contributed by atoms with Gasteiger partial charge in [0.15, 0.2) is 18.1 Å². The van der Waals surface area contributed by atoms with Crippen molar-refractivity contribution in [3.05, 3.63) is 34.2 Å². The fourth-order valence-corrected chi connectivity index (χ4v) is 3.81. The van der Waals surface area contributed by atoms with Crippen LogP contribution in [0.4, 0.5) is 5.69 Å². The highest BCUT2D eigenvalue weighted by atomic mass is 35.5. The lowest BCUT2D eigenvalue weighted by molar-refractivity contribution is -0.157. The normalized spacial score (nSPS) is 11.3. The smallest absolute Gasteiger partial charge is 0.344 e. The van der Waals surface area contributed by atoms with Crippen LogP contribution < -0.4 is 10.5 Å². The van der Waals surface area contributed by atoms with Gasteiger partial charge in [-0.15, -0.1) is 11.3 Å². The van der Waals surface area contributed by atoms with Crippen molar-refractivity contribution >= 4 is 40.4 Å². The summed E-state index contributed by atoms with van der Waals surface area (Å²) in [7, 11) is 0. The Morgan fingerprint density at radius 1 is 1.27 bits per heavy atom. The number of anilines is 1. The Kier molecular flexibility index (Phi) is 6.31. The number of benzene rings is 1. The number of hydrogen-bond acceptors (Lipinski definition) is 6. The van der Waals surface area contributed by atoms with E-state index >= 15 is 0 Å². The van der Waals surface area contributed by atoms with E-state index in [9.17, 15) is 9.59 Å². The van der Waals surface area contributed by atoms with Gasteiger partial charge >= 0.3 is 5.97 Å². The van der Waals surface area contributed by atoms with Crippen molar-refractivity contribution < 1.29 is 19.1 Å². The maximum Gasteiger partial charge on any atom is 0.344 e. The number of carbonyl (C=O) groups is 2. The van der Waals surface area contributed by atoms with Crippen molar-refractivity contribution in [1.82, 2.24) is 0 Å². The number of halogens is 1. The fraction of sp³-hybridized carbons (Fsp3) is 0.368. The second-order valence-electron chi connectivity index (χ2n) is 6.68. The van der Waals surface area contributed by atoms with Crippen molar-refractivity contribution in [2.24, 2.45) is 0 Å². The Balaban J connectivity index is 2.35. The molecule has 1 aromatic carbocycles. The molecule has 0 fully saturated rings. The first-order valence-electron chi connectivity index (χ1n) is 8.18. The SMILES string of the molecule is CCC(=O)c1sc(-c2cccc(N)c2)c(Cl)c1OCC(=O)OC(C)(C)C. The van der Waals surface area contributed by atoms with Gasteiger partial charge < -0.3 is 15.2 Å². The van der Waals surface area contributed by atoms with E-state index < -0.39 is 11.6 Å². The first-order valence-corrected chi connectivity index (χ1v) is 9.38. The summed E-state index contributed by atoms with van der Waals surface area (Å²) in [4.78, 5) is 25.3. The second-order valence-corrected chi connectivity index (χ2v) is 8.08. The van der Waals surface area contributed by atoms with Crippen molar-refractivity contribution in [3.8, 4) is 16.2 Å². The molecule has 0 atom stereocenters. The Hall–Kier alpha value is -2.05. The Morgan fingerprint density at radius 2 is 1.96 bits per heavy atom. The van der Waals surface area contributed by atoms with E-state index in [0.717, 1.165) is 5.56 Å². The van der Waals surface area contributed by atoms with E-state index in [1.165, 1.54) is 11.3 Å². The van der Waals surface area contributed by atoms with Gasteiger partial charge in [-0.1, -0.05) is 30.7 Å². The minimum atomic E-state index is -0.617. The van der Waals surface area contributed by atoms with Crippen LogP contribution in [0.2, 0.25) is 5.02 Å². The molecule has 5 nitrogen and oxygen atoms in total. The summed E-state index contributed by atoms with van der Waals surface area (Å²) in [5, 5.41) is 0.293. The highest BCUT2D eigenvalue weighted by Gasteiger charge is 2.25. The predicted molar refractivity (Wildman–Crippen MR) is 105 cm³/mol. The van der Waals surface area contributed by atoms with Crippen LogP contribution in [0.5, 0.6) is 5.75 Å². The third-order valence-corrected chi connectivity index (χ3v) is 5.02. The lowest BCUT2D eigenvalue weighted by atomic mass is 10.1. The zero-order valence-corrected chi connectivity index (χ0v) is 16.8. The largest absolute Gasteiger partial charge is 0.479 e. The zero-order valence-electron chi connectivity index (χ0n) is 15.2. The van der Waals surface area contributed by atoms with Crippen LogP contribution in [0, 0.1) is 0 Å². The number of nitrogen functional groups attached to an aromatic ring is 1. The van der Waals surface area contributed by atoms with Gasteiger partial charge in [-0.05, 0) is 38.5 Å². The van der Waals surface area contributed by atoms with E-state index in [0.29, 0.717) is 26.9 Å². The van der Waals surface area contributed by atoms with E-state index in [-0.39, 0.29) is 18.1 Å². The van der Waals surface area contributed by atoms with Crippen LogP contribution in [-0.4, -0.2) is 24.0 Å². The van der Waals surface area contributed by atoms with Crippen LogP contribution in [0.15, 0.2) is 24.3 Å². The number of nitrogens with two attached hydrogens (primary N) is 1. The molecule has 140 valence electrons. The molecule has 0 aliphatic carbocycles. The molecule has 7 heteroatoms. The number of Topliss-reactive ketones (excluding diaryl/α,β-unsaturated/α-hetero) is 1. The van der Waals surface area contributed by atoms with Gasteiger partial charge in [0.05, 0.1) is 4.88 Å². The zero-order chi connectivity index (χ0) is 19.5. The molecule has 2 N–H and O–H groups in total. The molecule has 0 unspecified atom stereocenters. The maximum absolute atomic E-state index is 12.3. The van der Waals surface area contributed by atoms with Crippen molar-refractivity contribution in [3.63, 3.8) is 0 Å². The molecular formula is C19H22ClNO4S. The van der Waals surface area contributed by atoms with E-state index in [1.54, 1.807) is 39.8 Å². The number of thiophene rings is 1. The van der Waals surface area contributed by atoms with E-state index in [1.807, 2.05) is 12.1 Å². The number of carbonyl (C=O) groups excluding carboxylic acids is 2. The van der Waals surface area contributed by atoms with E-state index in [4.69, 9.17) is 26.8 Å². The molecule has 0 saturated carbocycles. The highest BCUT2D eigenvalue weighted by Crippen LogP contribution is 2.46. The second kappa shape index (κ2) is 8.10. The molecule has 0 aliphatic heterocycles. The summed E-state index contributed by atoms with van der Waals surface area (Å²) >= 11 is 7.71. The average Bonchev–Trinajstić information content (AvgIpc) is 2.87. The molecule has 2 aromatic rings. The van der Waals surface area contributed by atoms with Crippen molar-refractivity contribution in [2.75, 3.05) is 12.3 Å². The van der Waals surface area contributed by atoms with E-state index in [2.05, 4.69) is 0 Å². The molecule has 0 amide bonds. The average molecular weight is 396 g/mol. The Labute approximate surface area is 162 Å². The molecule has 1 heterocycles. The Bertz CT molecular complexity index is 823. The lowest BCUT2D eigenvalue weighted by Gasteiger charge is -2.19. The summed E-state index contributed by atoms with van der Waals surface area (Å²) in [6.07, 6.45) is 0.302. The summed E-state index contributed by atoms with van der Waals surface area (Å²) < 4.78 is 10.8. The number of esters is 1. The molecule has 26 heavy (non-hydrogen) atoms. The van der Waals surface area contributed by atoms with Gasteiger partial charge in [-0.3, -0.25) is 4.79 Å². The predicted octanol–water partition coefficient (Wildman–Crippen LogP) is 4.96. The van der Waals surface area contributed by atoms with Crippen molar-refractivity contribution in [2.45, 2.75) is 39.7 Å². The lowest BCUT2D eigenvalue weighted by Crippen LogP contribution is -2.27. The molecular weight excluding hydrogens is 374 g/mol. The highest BCUT2D eigenvalue weighted by molar-refractivity contribution is 7.18. The summed E-state index contributed by atoms with van der Waals surface area (Å²) in [6.45, 7) is 6.74. The summed E-state index contributed by atoms with van der Waals surface area (Å²) in [5.74, 6) is -0.418. The van der Waals surface area contributed by atoms with Gasteiger partial charge in [-0.25, -0.2) is 4.79 Å². The van der Waals surface area contributed by atoms with Gasteiger partial charge in [0, 0.05) is 12.1 Å². The quantitative estimate of drug-likeness (QED) is 0.424. The standard InChI is InChI=1S/C19H22ClNO4S/c1-5-13(22)18-16(24-10-14(23)25-19(2,3)4)15(20)17(26-18)11-7-6-8-12(21)9-11/h6-9H,5,10,21H2,1-4H3. The number of rotatable bonds is 6. The first-order chi connectivity index (χ1) is 12.1. The minimum absolute atomic E-state index is 0.105. The van der Waals surface area contributed by atoms with Crippen LogP contribution in [-0.2, 0) is 9.53 Å². The van der Waals surface area contributed by atoms with Crippen LogP contribution in [0.1, 0.15) is 43.8 Å². The van der Waals surface area contributed by atoms with Crippen molar-refractivity contribution in [1.29, 1.82) is 0 Å². The van der Waals surface area contributed by atoms with Gasteiger partial charge in [-0.2, -0.15) is 0 Å². The summed E-state index contributed by atoms with van der Waals surface area (Å²) in [6, 6.07) is 7.20. The third kappa shape index (κ3) is 4.99. The first kappa shape index (κ1) is 20.3. The van der Waals surface area contributed by atoms with Gasteiger partial charge in [0.1, 0.15) is 15.5 Å². The molecule has 0 radical (unpaired) electrons. The minimum Gasteiger partial charge on any atom is -0.479 e. The maximum atomic E-state index is 12.3. The van der Waals surface area contributed by atoms with Gasteiger partial charge in [0.2, 0.25) is 0 Å². The molecule has 0 spiro atoms. The number of ketones is 1. The number of ether oxygens (including phenoxy) is 2. The summed E-state index contributed by atoms with van der Waals surface area (Å²) in [5.41, 5.74) is 6.60. The van der Waals surface area contributed by atoms with Gasteiger partial charge in [0.25, 0.3) is 0 Å². The molecule has 1 aromatic heterocycles. The van der Waals surface area contributed by atoms with Crippen LogP contribution in [0.25, 0.3) is 10.4 Å². The third-order valence-electron chi connectivity index (χ3n) is 3.29. The van der Waals surface area contributed by atoms with Crippen LogP contribution >= 0.6 is 22.9 Å². The molecule has 0 aliphatic rings. The number of hydrogen-bond donors (Lipinski definition) is 1. The molecule has 0 bridgehead atoms. The molecule has 2 rings (SSSR count).